The first-order chi connectivity index (χ1) is 13.4. The lowest BCUT2D eigenvalue weighted by Gasteiger charge is -2.25. The lowest BCUT2D eigenvalue weighted by atomic mass is 10.2. The van der Waals surface area contributed by atoms with Crippen molar-refractivity contribution in [3.63, 3.8) is 0 Å². The van der Waals surface area contributed by atoms with Gasteiger partial charge in [0.05, 0.1) is 17.1 Å². The summed E-state index contributed by atoms with van der Waals surface area (Å²) in [6.07, 6.45) is 0. The molecule has 0 atom stereocenters. The number of carbonyl (C=O) groups is 1. The van der Waals surface area contributed by atoms with E-state index in [0.717, 1.165) is 11.1 Å². The maximum Gasteiger partial charge on any atom is 0.264 e. The SMILES string of the molecule is CC(=O)Nc1ccc(S(=O)(=O)N(Cc2ccccc2)c2ccc(C)cc2)cc1. The van der Waals surface area contributed by atoms with Crippen LogP contribution < -0.4 is 9.62 Å². The summed E-state index contributed by atoms with van der Waals surface area (Å²) >= 11 is 0. The largest absolute Gasteiger partial charge is 0.326 e. The average molecular weight is 394 g/mol. The first-order valence-corrected chi connectivity index (χ1v) is 10.3. The molecule has 0 aliphatic heterocycles. The van der Waals surface area contributed by atoms with Crippen LogP contribution in [0.1, 0.15) is 18.1 Å². The van der Waals surface area contributed by atoms with Gasteiger partial charge in [0.1, 0.15) is 0 Å². The summed E-state index contributed by atoms with van der Waals surface area (Å²) in [7, 11) is -3.79. The maximum atomic E-state index is 13.4. The highest BCUT2D eigenvalue weighted by Crippen LogP contribution is 2.27. The molecule has 0 fully saturated rings. The van der Waals surface area contributed by atoms with Gasteiger partial charge in [0, 0.05) is 12.6 Å². The molecular formula is C22H22N2O3S. The van der Waals surface area contributed by atoms with Crippen LogP contribution in [0, 0.1) is 6.92 Å². The van der Waals surface area contributed by atoms with Crippen molar-refractivity contribution in [2.45, 2.75) is 25.3 Å². The van der Waals surface area contributed by atoms with Crippen molar-refractivity contribution in [1.82, 2.24) is 0 Å². The lowest BCUT2D eigenvalue weighted by Crippen LogP contribution is -2.30. The van der Waals surface area contributed by atoms with Crippen LogP contribution in [0.3, 0.4) is 0 Å². The van der Waals surface area contributed by atoms with Crippen molar-refractivity contribution in [1.29, 1.82) is 0 Å². The average Bonchev–Trinajstić information content (AvgIpc) is 2.68. The van der Waals surface area contributed by atoms with E-state index < -0.39 is 10.0 Å². The fourth-order valence-corrected chi connectivity index (χ4v) is 4.27. The van der Waals surface area contributed by atoms with Crippen molar-refractivity contribution in [3.8, 4) is 0 Å². The number of amides is 1. The molecule has 0 aliphatic rings. The molecule has 0 heterocycles. The molecule has 5 nitrogen and oxygen atoms in total. The summed E-state index contributed by atoms with van der Waals surface area (Å²) in [5.41, 5.74) is 3.10. The van der Waals surface area contributed by atoms with E-state index in [1.165, 1.54) is 23.4 Å². The Kier molecular flexibility index (Phi) is 5.80. The van der Waals surface area contributed by atoms with Gasteiger partial charge in [0.15, 0.2) is 0 Å². The molecule has 6 heteroatoms. The third-order valence-electron chi connectivity index (χ3n) is 4.25. The van der Waals surface area contributed by atoms with Gasteiger partial charge in [-0.05, 0) is 48.9 Å². The van der Waals surface area contributed by atoms with Gasteiger partial charge in [-0.3, -0.25) is 9.10 Å². The zero-order valence-corrected chi connectivity index (χ0v) is 16.6. The molecule has 0 unspecified atom stereocenters. The zero-order valence-electron chi connectivity index (χ0n) is 15.8. The Morgan fingerprint density at radius 3 is 2.07 bits per heavy atom. The third kappa shape index (κ3) is 4.58. The summed E-state index contributed by atoms with van der Waals surface area (Å²) in [6.45, 7) is 3.59. The number of sulfonamides is 1. The molecule has 3 rings (SSSR count). The van der Waals surface area contributed by atoms with Crippen molar-refractivity contribution in [2.75, 3.05) is 9.62 Å². The molecule has 144 valence electrons. The summed E-state index contributed by atoms with van der Waals surface area (Å²) in [6, 6.07) is 23.1. The second-order valence-corrected chi connectivity index (χ2v) is 8.40. The number of carbonyl (C=O) groups excluding carboxylic acids is 1. The number of aryl methyl sites for hydroxylation is 1. The molecule has 3 aromatic carbocycles. The van der Waals surface area contributed by atoms with Crippen LogP contribution in [0.5, 0.6) is 0 Å². The van der Waals surface area contributed by atoms with E-state index in [9.17, 15) is 13.2 Å². The van der Waals surface area contributed by atoms with Crippen molar-refractivity contribution < 1.29 is 13.2 Å². The van der Waals surface area contributed by atoms with Gasteiger partial charge in [-0.1, -0.05) is 48.0 Å². The second kappa shape index (κ2) is 8.27. The van der Waals surface area contributed by atoms with E-state index >= 15 is 0 Å². The Labute approximate surface area is 165 Å². The molecule has 0 radical (unpaired) electrons. The predicted octanol–water partition coefficient (Wildman–Crippen LogP) is 4.35. The van der Waals surface area contributed by atoms with Gasteiger partial charge in [0.25, 0.3) is 10.0 Å². The fourth-order valence-electron chi connectivity index (χ4n) is 2.82. The standard InChI is InChI=1S/C22H22N2O3S/c1-17-8-12-21(13-9-17)24(16-19-6-4-3-5-7-19)28(26,27)22-14-10-20(11-15-22)23-18(2)25/h3-15H,16H2,1-2H3,(H,23,25). The van der Waals surface area contributed by atoms with E-state index in [1.807, 2.05) is 61.5 Å². The van der Waals surface area contributed by atoms with Gasteiger partial charge < -0.3 is 5.32 Å². The molecule has 0 saturated carbocycles. The minimum absolute atomic E-state index is 0.165. The Bertz CT molecular complexity index is 1050. The van der Waals surface area contributed by atoms with Gasteiger partial charge in [-0.2, -0.15) is 0 Å². The van der Waals surface area contributed by atoms with E-state index in [4.69, 9.17) is 0 Å². The van der Waals surface area contributed by atoms with Crippen LogP contribution in [-0.2, 0) is 21.4 Å². The van der Waals surface area contributed by atoms with Crippen LogP contribution in [0.25, 0.3) is 0 Å². The Morgan fingerprint density at radius 2 is 1.50 bits per heavy atom. The zero-order chi connectivity index (χ0) is 20.1. The van der Waals surface area contributed by atoms with Crippen LogP contribution in [0.15, 0.2) is 83.8 Å². The molecule has 1 N–H and O–H groups in total. The van der Waals surface area contributed by atoms with E-state index in [1.54, 1.807) is 12.1 Å². The minimum atomic E-state index is -3.79. The van der Waals surface area contributed by atoms with Crippen LogP contribution in [0.4, 0.5) is 11.4 Å². The Morgan fingerprint density at radius 1 is 0.893 bits per heavy atom. The van der Waals surface area contributed by atoms with Crippen LogP contribution in [0.2, 0.25) is 0 Å². The number of hydrogen-bond donors (Lipinski definition) is 1. The second-order valence-electron chi connectivity index (χ2n) is 6.54. The van der Waals surface area contributed by atoms with Gasteiger partial charge >= 0.3 is 0 Å². The molecule has 28 heavy (non-hydrogen) atoms. The maximum absolute atomic E-state index is 13.4. The van der Waals surface area contributed by atoms with Crippen LogP contribution >= 0.6 is 0 Å². The quantitative estimate of drug-likeness (QED) is 0.676. The normalized spacial score (nSPS) is 11.1. The third-order valence-corrected chi connectivity index (χ3v) is 6.04. The van der Waals surface area contributed by atoms with Gasteiger partial charge in [-0.25, -0.2) is 8.42 Å². The molecule has 0 aliphatic carbocycles. The first-order valence-electron chi connectivity index (χ1n) is 8.87. The first kappa shape index (κ1) is 19.6. The van der Waals surface area contributed by atoms with Crippen LogP contribution in [-0.4, -0.2) is 14.3 Å². The lowest BCUT2D eigenvalue weighted by molar-refractivity contribution is -0.114. The number of anilines is 2. The minimum Gasteiger partial charge on any atom is -0.326 e. The molecule has 3 aromatic rings. The molecule has 0 spiro atoms. The van der Waals surface area contributed by atoms with Gasteiger partial charge in [-0.15, -0.1) is 0 Å². The van der Waals surface area contributed by atoms with E-state index in [0.29, 0.717) is 11.4 Å². The molecule has 1 amide bonds. The van der Waals surface area contributed by atoms with Crippen molar-refractivity contribution in [2.24, 2.45) is 0 Å². The summed E-state index contributed by atoms with van der Waals surface area (Å²) in [5, 5.41) is 2.64. The fraction of sp³-hybridized carbons (Fsp3) is 0.136. The topological polar surface area (TPSA) is 66.5 Å². The van der Waals surface area contributed by atoms with E-state index in [2.05, 4.69) is 5.32 Å². The molecule has 0 aromatic heterocycles. The smallest absolute Gasteiger partial charge is 0.264 e. The highest BCUT2D eigenvalue weighted by Gasteiger charge is 2.25. The number of hydrogen-bond acceptors (Lipinski definition) is 3. The predicted molar refractivity (Wildman–Crippen MR) is 112 cm³/mol. The van der Waals surface area contributed by atoms with Gasteiger partial charge in [0.2, 0.25) is 5.91 Å². The number of nitrogens with one attached hydrogen (secondary N) is 1. The summed E-state index contributed by atoms with van der Waals surface area (Å²) in [4.78, 5) is 11.3. The number of nitrogens with zero attached hydrogens (tertiary/aromatic N) is 1. The monoisotopic (exact) mass is 394 g/mol. The Hall–Kier alpha value is -3.12. The molecule has 0 saturated heterocycles. The Balaban J connectivity index is 2.00. The number of rotatable bonds is 6. The highest BCUT2D eigenvalue weighted by atomic mass is 32.2. The van der Waals surface area contributed by atoms with Crippen molar-refractivity contribution in [3.05, 3.63) is 90.0 Å². The van der Waals surface area contributed by atoms with Crippen molar-refractivity contribution >= 4 is 27.3 Å². The summed E-state index contributed by atoms with van der Waals surface area (Å²) in [5.74, 6) is -0.207. The highest BCUT2D eigenvalue weighted by molar-refractivity contribution is 7.92. The molecule has 0 bridgehead atoms. The summed E-state index contributed by atoms with van der Waals surface area (Å²) < 4.78 is 28.2. The molecular weight excluding hydrogens is 372 g/mol. The number of benzene rings is 3. The van der Waals surface area contributed by atoms with E-state index in [-0.39, 0.29) is 17.3 Å².